The van der Waals surface area contributed by atoms with E-state index in [1.54, 1.807) is 43.4 Å². The lowest BCUT2D eigenvalue weighted by Crippen LogP contribution is -2.53. The van der Waals surface area contributed by atoms with Gasteiger partial charge >= 0.3 is 6.03 Å². The van der Waals surface area contributed by atoms with Crippen LogP contribution in [0, 0.1) is 0 Å². The molecular formula is C26H30N4O4. The normalized spacial score (nSPS) is 23.7. The second-order valence-corrected chi connectivity index (χ2v) is 9.12. The van der Waals surface area contributed by atoms with Crippen molar-refractivity contribution in [3.63, 3.8) is 0 Å². The first-order valence-electron chi connectivity index (χ1n) is 11.8. The van der Waals surface area contributed by atoms with Crippen molar-refractivity contribution in [3.8, 4) is 11.5 Å². The van der Waals surface area contributed by atoms with Crippen molar-refractivity contribution in [1.82, 2.24) is 10.2 Å². The monoisotopic (exact) mass is 462 g/mol. The topological polar surface area (TPSA) is 83.5 Å². The molecule has 2 aromatic carbocycles. The van der Waals surface area contributed by atoms with E-state index >= 15 is 0 Å². The van der Waals surface area contributed by atoms with Crippen LogP contribution in [0.2, 0.25) is 0 Å². The summed E-state index contributed by atoms with van der Waals surface area (Å²) in [6.07, 6.45) is 4.98. The third kappa shape index (κ3) is 3.87. The molecule has 3 amide bonds. The van der Waals surface area contributed by atoms with E-state index in [0.29, 0.717) is 42.4 Å². The third-order valence-corrected chi connectivity index (χ3v) is 7.12. The zero-order chi connectivity index (χ0) is 23.7. The summed E-state index contributed by atoms with van der Waals surface area (Å²) >= 11 is 0. The van der Waals surface area contributed by atoms with Crippen molar-refractivity contribution in [2.45, 2.75) is 43.7 Å². The lowest BCUT2D eigenvalue weighted by Gasteiger charge is -2.33. The highest BCUT2D eigenvalue weighted by molar-refractivity contribution is 6.19. The highest BCUT2D eigenvalue weighted by atomic mass is 16.5. The van der Waals surface area contributed by atoms with E-state index in [9.17, 15) is 9.59 Å². The van der Waals surface area contributed by atoms with Crippen LogP contribution in [0.3, 0.4) is 0 Å². The quantitative estimate of drug-likeness (QED) is 0.732. The number of ether oxygens (including phenoxy) is 2. The van der Waals surface area contributed by atoms with Crippen LogP contribution in [-0.2, 0) is 0 Å². The van der Waals surface area contributed by atoms with Gasteiger partial charge in [0.25, 0.3) is 5.91 Å². The predicted molar refractivity (Wildman–Crippen MR) is 130 cm³/mol. The van der Waals surface area contributed by atoms with Gasteiger partial charge < -0.3 is 14.4 Å². The Morgan fingerprint density at radius 1 is 1.06 bits per heavy atom. The van der Waals surface area contributed by atoms with Gasteiger partial charge in [0.15, 0.2) is 0 Å². The van der Waals surface area contributed by atoms with Crippen molar-refractivity contribution in [2.24, 2.45) is 4.99 Å². The summed E-state index contributed by atoms with van der Waals surface area (Å²) < 4.78 is 10.6. The molecule has 1 atom stereocenters. The van der Waals surface area contributed by atoms with Crippen molar-refractivity contribution >= 4 is 23.5 Å². The van der Waals surface area contributed by atoms with E-state index in [4.69, 9.17) is 14.5 Å². The third-order valence-electron chi connectivity index (χ3n) is 7.12. The van der Waals surface area contributed by atoms with Crippen molar-refractivity contribution in [2.75, 3.05) is 32.2 Å². The maximum atomic E-state index is 13.4. The summed E-state index contributed by atoms with van der Waals surface area (Å²) in [5, 5.41) is 3.06. The molecule has 1 saturated carbocycles. The number of benzene rings is 2. The Hall–Kier alpha value is -3.55. The summed E-state index contributed by atoms with van der Waals surface area (Å²) in [7, 11) is 3.21. The van der Waals surface area contributed by atoms with Crippen molar-refractivity contribution < 1.29 is 19.1 Å². The van der Waals surface area contributed by atoms with Crippen molar-refractivity contribution in [1.29, 1.82) is 0 Å². The summed E-state index contributed by atoms with van der Waals surface area (Å²) in [4.78, 5) is 35.3. The van der Waals surface area contributed by atoms with E-state index in [1.165, 1.54) is 0 Å². The number of hydrogen-bond donors (Lipinski definition) is 1. The number of likely N-dealkylation sites (tertiary alicyclic amines) is 1. The second kappa shape index (κ2) is 9.00. The Labute approximate surface area is 199 Å². The minimum Gasteiger partial charge on any atom is -0.497 e. The lowest BCUT2D eigenvalue weighted by molar-refractivity contribution is 0.0788. The van der Waals surface area contributed by atoms with Gasteiger partial charge in [-0.15, -0.1) is 0 Å². The molecule has 0 bridgehead atoms. The van der Waals surface area contributed by atoms with E-state index in [0.717, 1.165) is 31.4 Å². The van der Waals surface area contributed by atoms with Crippen LogP contribution in [0.15, 0.2) is 53.5 Å². The van der Waals surface area contributed by atoms with Crippen LogP contribution in [0.4, 0.5) is 10.5 Å². The number of nitrogens with one attached hydrogen (secondary N) is 1. The van der Waals surface area contributed by atoms with E-state index in [1.807, 2.05) is 29.2 Å². The number of methoxy groups -OCH3 is 2. The zero-order valence-electron chi connectivity index (χ0n) is 19.6. The molecule has 34 heavy (non-hydrogen) atoms. The Morgan fingerprint density at radius 2 is 1.79 bits per heavy atom. The number of nitrogens with zero attached hydrogens (tertiary/aromatic N) is 3. The standard InChI is InChI=1S/C26H30N4O4/c1-33-21-12-10-18(11-13-21)23(31)29-15-14-26(17-29)24(27-19-6-3-4-7-19)28-25(32)30(26)20-8-5-9-22(16-20)34-2/h5,8-13,16,19H,3-4,6-7,14-15,17H2,1-2H3,(H,27,28,32). The van der Waals surface area contributed by atoms with Crippen LogP contribution in [0.25, 0.3) is 0 Å². The summed E-state index contributed by atoms with van der Waals surface area (Å²) in [5.74, 6) is 1.99. The van der Waals surface area contributed by atoms with Gasteiger partial charge in [0.2, 0.25) is 0 Å². The van der Waals surface area contributed by atoms with Crippen LogP contribution >= 0.6 is 0 Å². The molecule has 3 aliphatic rings. The molecule has 1 N–H and O–H groups in total. The van der Waals surface area contributed by atoms with Gasteiger partial charge in [-0.2, -0.15) is 0 Å². The number of amides is 3. The number of carbonyl (C=O) groups excluding carboxylic acids is 2. The number of anilines is 1. The fourth-order valence-corrected chi connectivity index (χ4v) is 5.32. The SMILES string of the molecule is COc1ccc(C(=O)N2CCC3(C2)C(=NC2CCCC2)NC(=O)N3c2cccc(OC)c2)cc1. The highest BCUT2D eigenvalue weighted by Gasteiger charge is 2.56. The summed E-state index contributed by atoms with van der Waals surface area (Å²) in [6.45, 7) is 0.906. The first kappa shape index (κ1) is 22.3. The molecule has 0 radical (unpaired) electrons. The fourth-order valence-electron chi connectivity index (χ4n) is 5.32. The largest absolute Gasteiger partial charge is 0.497 e. The predicted octanol–water partition coefficient (Wildman–Crippen LogP) is 3.86. The fraction of sp³-hybridized carbons (Fsp3) is 0.423. The molecule has 0 aromatic heterocycles. The van der Waals surface area contributed by atoms with Gasteiger partial charge in [-0.05, 0) is 55.7 Å². The Balaban J connectivity index is 1.50. The average molecular weight is 463 g/mol. The van der Waals surface area contributed by atoms with Gasteiger partial charge in [0, 0.05) is 18.2 Å². The first-order chi connectivity index (χ1) is 16.5. The number of rotatable bonds is 5. The zero-order valence-corrected chi connectivity index (χ0v) is 19.6. The molecule has 5 rings (SSSR count). The van der Waals surface area contributed by atoms with Gasteiger partial charge in [-0.25, -0.2) is 4.79 Å². The minimum absolute atomic E-state index is 0.0651. The van der Waals surface area contributed by atoms with Gasteiger partial charge in [-0.3, -0.25) is 20.0 Å². The molecule has 8 heteroatoms. The molecule has 2 aliphatic heterocycles. The van der Waals surface area contributed by atoms with Crippen LogP contribution < -0.4 is 19.7 Å². The number of carbonyl (C=O) groups is 2. The highest BCUT2D eigenvalue weighted by Crippen LogP contribution is 2.39. The van der Waals surface area contributed by atoms with E-state index in [2.05, 4.69) is 5.32 Å². The van der Waals surface area contributed by atoms with Gasteiger partial charge in [0.05, 0.1) is 32.5 Å². The molecule has 3 fully saturated rings. The molecular weight excluding hydrogens is 432 g/mol. The van der Waals surface area contributed by atoms with E-state index in [-0.39, 0.29) is 18.0 Å². The first-order valence-corrected chi connectivity index (χ1v) is 11.8. The Bertz CT molecular complexity index is 1110. The maximum Gasteiger partial charge on any atom is 0.328 e. The molecule has 8 nitrogen and oxygen atoms in total. The number of amidine groups is 1. The lowest BCUT2D eigenvalue weighted by atomic mass is 9.95. The molecule has 2 aromatic rings. The maximum absolute atomic E-state index is 13.4. The molecule has 1 unspecified atom stereocenters. The number of urea groups is 1. The van der Waals surface area contributed by atoms with Crippen molar-refractivity contribution in [3.05, 3.63) is 54.1 Å². The second-order valence-electron chi connectivity index (χ2n) is 9.12. The molecule has 178 valence electrons. The number of hydrogen-bond acceptors (Lipinski definition) is 5. The summed E-state index contributed by atoms with van der Waals surface area (Å²) in [6, 6.07) is 14.6. The van der Waals surface area contributed by atoms with Gasteiger partial charge in [-0.1, -0.05) is 18.9 Å². The van der Waals surface area contributed by atoms with E-state index < -0.39 is 5.54 Å². The Morgan fingerprint density at radius 3 is 2.50 bits per heavy atom. The molecule has 1 spiro atoms. The smallest absolute Gasteiger partial charge is 0.328 e. The van der Waals surface area contributed by atoms with Crippen LogP contribution in [0.5, 0.6) is 11.5 Å². The molecule has 1 aliphatic carbocycles. The molecule has 2 saturated heterocycles. The number of aliphatic imine (C=N–C) groups is 1. The average Bonchev–Trinajstić information content (AvgIpc) is 3.60. The minimum atomic E-state index is -0.728. The molecule has 2 heterocycles. The van der Waals surface area contributed by atoms with Gasteiger partial charge in [0.1, 0.15) is 22.9 Å². The summed E-state index contributed by atoms with van der Waals surface area (Å²) in [5.41, 5.74) is 0.596. The van der Waals surface area contributed by atoms with Crippen LogP contribution in [-0.4, -0.2) is 61.6 Å². The Kier molecular flexibility index (Phi) is 5.89. The van der Waals surface area contributed by atoms with Crippen LogP contribution in [0.1, 0.15) is 42.5 Å².